The molecular formula is C37H58N6O9Si. The van der Waals surface area contributed by atoms with Crippen LogP contribution >= 0.6 is 0 Å². The zero-order valence-corrected chi connectivity index (χ0v) is 33.9. The van der Waals surface area contributed by atoms with Gasteiger partial charge in [-0.2, -0.15) is 0 Å². The van der Waals surface area contributed by atoms with Crippen LogP contribution in [0.5, 0.6) is 0 Å². The van der Waals surface area contributed by atoms with Gasteiger partial charge in [0.15, 0.2) is 8.32 Å². The Labute approximate surface area is 313 Å². The first kappa shape index (κ1) is 44.6. The molecule has 294 valence electrons. The second kappa shape index (κ2) is 19.0. The summed E-state index contributed by atoms with van der Waals surface area (Å²) in [5, 5.41) is 13.2. The highest BCUT2D eigenvalue weighted by atomic mass is 28.4. The highest BCUT2D eigenvalue weighted by molar-refractivity contribution is 6.74. The summed E-state index contributed by atoms with van der Waals surface area (Å²) in [4.78, 5) is 89.4. The molecule has 0 saturated heterocycles. The summed E-state index contributed by atoms with van der Waals surface area (Å²) in [6.07, 6.45) is 0.952. The van der Waals surface area contributed by atoms with Crippen LogP contribution in [-0.2, 0) is 44.5 Å². The molecule has 2 rings (SSSR count). The molecule has 1 heterocycles. The van der Waals surface area contributed by atoms with E-state index in [1.165, 1.54) is 6.92 Å². The van der Waals surface area contributed by atoms with E-state index in [1.807, 2.05) is 12.1 Å². The van der Waals surface area contributed by atoms with Crippen LogP contribution in [0.3, 0.4) is 0 Å². The van der Waals surface area contributed by atoms with E-state index in [4.69, 9.17) is 9.16 Å². The first-order valence-corrected chi connectivity index (χ1v) is 20.8. The van der Waals surface area contributed by atoms with E-state index in [0.29, 0.717) is 12.3 Å². The van der Waals surface area contributed by atoms with Gasteiger partial charge in [0.25, 0.3) is 11.8 Å². The minimum Gasteiger partial charge on any atom is -0.444 e. The van der Waals surface area contributed by atoms with Crippen LogP contribution in [0.4, 0.5) is 10.5 Å². The van der Waals surface area contributed by atoms with E-state index >= 15 is 0 Å². The van der Waals surface area contributed by atoms with Crippen molar-refractivity contribution >= 4 is 55.5 Å². The summed E-state index contributed by atoms with van der Waals surface area (Å²) in [5.74, 6) is -3.63. The van der Waals surface area contributed by atoms with E-state index in [0.717, 1.165) is 22.6 Å². The number of nitrogens with one attached hydrogen (secondary N) is 5. The molecule has 1 aromatic carbocycles. The number of anilines is 1. The third-order valence-electron chi connectivity index (χ3n) is 8.85. The van der Waals surface area contributed by atoms with Gasteiger partial charge in [0, 0.05) is 37.3 Å². The van der Waals surface area contributed by atoms with Crippen LogP contribution in [0.1, 0.15) is 80.7 Å². The molecule has 0 spiro atoms. The first-order valence-electron chi connectivity index (χ1n) is 17.8. The predicted octanol–water partition coefficient (Wildman–Crippen LogP) is 3.51. The van der Waals surface area contributed by atoms with Crippen LogP contribution in [-0.4, -0.2) is 91.6 Å². The molecule has 5 N–H and O–H groups in total. The monoisotopic (exact) mass is 758 g/mol. The van der Waals surface area contributed by atoms with E-state index < -0.39 is 73.6 Å². The van der Waals surface area contributed by atoms with Gasteiger partial charge in [-0.1, -0.05) is 46.8 Å². The largest absolute Gasteiger partial charge is 0.444 e. The molecule has 16 heteroatoms. The van der Waals surface area contributed by atoms with Crippen LogP contribution in [0.2, 0.25) is 18.1 Å². The molecule has 1 aliphatic rings. The maximum Gasteiger partial charge on any atom is 0.408 e. The van der Waals surface area contributed by atoms with Gasteiger partial charge in [0.2, 0.25) is 23.6 Å². The van der Waals surface area contributed by atoms with Crippen molar-refractivity contribution in [3.63, 3.8) is 0 Å². The number of carbonyl (C=O) groups is 7. The zero-order chi connectivity index (χ0) is 40.3. The number of amides is 7. The summed E-state index contributed by atoms with van der Waals surface area (Å²) >= 11 is 0. The van der Waals surface area contributed by atoms with Gasteiger partial charge in [-0.15, -0.1) is 0 Å². The van der Waals surface area contributed by atoms with Crippen molar-refractivity contribution in [2.45, 2.75) is 124 Å². The van der Waals surface area contributed by atoms with Crippen molar-refractivity contribution < 1.29 is 42.7 Å². The summed E-state index contributed by atoms with van der Waals surface area (Å²) < 4.78 is 11.5. The number of rotatable bonds is 17. The Morgan fingerprint density at radius 1 is 0.811 bits per heavy atom. The fourth-order valence-electron chi connectivity index (χ4n) is 4.62. The van der Waals surface area contributed by atoms with E-state index in [9.17, 15) is 33.6 Å². The molecule has 0 unspecified atom stereocenters. The van der Waals surface area contributed by atoms with Crippen molar-refractivity contribution in [3.8, 4) is 0 Å². The quantitative estimate of drug-likeness (QED) is 0.117. The number of carbonyl (C=O) groups excluding carboxylic acids is 7. The summed E-state index contributed by atoms with van der Waals surface area (Å²) in [5.41, 5.74) is 0.667. The molecule has 15 nitrogen and oxygen atoms in total. The molecule has 0 bridgehead atoms. The average molecular weight is 759 g/mol. The number of hydrogen-bond donors (Lipinski definition) is 5. The van der Waals surface area contributed by atoms with Gasteiger partial charge in [-0.25, -0.2) is 4.79 Å². The minimum absolute atomic E-state index is 0.0853. The minimum atomic E-state index is -1.92. The van der Waals surface area contributed by atoms with Gasteiger partial charge >= 0.3 is 6.09 Å². The molecule has 0 fully saturated rings. The highest BCUT2D eigenvalue weighted by Gasteiger charge is 2.37. The number of benzene rings is 1. The summed E-state index contributed by atoms with van der Waals surface area (Å²) in [6.45, 7) is 21.2. The van der Waals surface area contributed by atoms with Crippen LogP contribution in [0, 0.1) is 5.92 Å². The van der Waals surface area contributed by atoms with Crippen molar-refractivity contribution in [3.05, 3.63) is 42.0 Å². The molecule has 0 aromatic heterocycles. The molecular weight excluding hydrogens is 701 g/mol. The molecule has 0 radical (unpaired) electrons. The Kier molecular flexibility index (Phi) is 16.0. The lowest BCUT2D eigenvalue weighted by atomic mass is 10.0. The van der Waals surface area contributed by atoms with Crippen LogP contribution in [0.25, 0.3) is 0 Å². The molecule has 53 heavy (non-hydrogen) atoms. The third-order valence-corrected chi connectivity index (χ3v) is 13.3. The number of alkyl carbamates (subject to hydrolysis) is 1. The Hall–Kier alpha value is -4.57. The lowest BCUT2D eigenvalue weighted by molar-refractivity contribution is -0.137. The zero-order valence-electron chi connectivity index (χ0n) is 32.9. The second-order valence-corrected chi connectivity index (χ2v) is 20.8. The molecule has 0 saturated carbocycles. The van der Waals surface area contributed by atoms with Crippen molar-refractivity contribution in [2.75, 3.05) is 18.4 Å². The third kappa shape index (κ3) is 14.8. The highest BCUT2D eigenvalue weighted by Crippen LogP contribution is 2.37. The van der Waals surface area contributed by atoms with Crippen molar-refractivity contribution in [1.29, 1.82) is 0 Å². The van der Waals surface area contributed by atoms with Gasteiger partial charge in [0.1, 0.15) is 23.7 Å². The number of ether oxygens (including phenoxy) is 1. The maximum atomic E-state index is 13.2. The Bertz CT molecular complexity index is 1510. The summed E-state index contributed by atoms with van der Waals surface area (Å²) in [6, 6.07) is 4.14. The van der Waals surface area contributed by atoms with Crippen LogP contribution < -0.4 is 26.6 Å². The Morgan fingerprint density at radius 3 is 1.92 bits per heavy atom. The number of nitrogens with zero attached hydrogens (tertiary/aromatic N) is 1. The molecule has 1 aliphatic heterocycles. The van der Waals surface area contributed by atoms with Gasteiger partial charge in [0.05, 0.1) is 6.61 Å². The lowest BCUT2D eigenvalue weighted by Crippen LogP contribution is -2.54. The average Bonchev–Trinajstić information content (AvgIpc) is 3.35. The van der Waals surface area contributed by atoms with E-state index in [1.54, 1.807) is 46.8 Å². The predicted molar refractivity (Wildman–Crippen MR) is 203 cm³/mol. The molecule has 0 aliphatic carbocycles. The van der Waals surface area contributed by atoms with Gasteiger partial charge in [-0.3, -0.25) is 33.7 Å². The second-order valence-electron chi connectivity index (χ2n) is 15.9. The fraction of sp³-hybridized carbons (Fsp3) is 0.595. The topological polar surface area (TPSA) is 201 Å². The first-order chi connectivity index (χ1) is 24.4. The van der Waals surface area contributed by atoms with E-state index in [-0.39, 0.29) is 36.9 Å². The lowest BCUT2D eigenvalue weighted by Gasteiger charge is -2.36. The number of imide groups is 1. The summed E-state index contributed by atoms with van der Waals surface area (Å²) in [7, 11) is -1.92. The smallest absolute Gasteiger partial charge is 0.408 e. The van der Waals surface area contributed by atoms with Crippen LogP contribution in [0.15, 0.2) is 36.4 Å². The normalized spacial score (nSPS) is 15.1. The molecule has 3 atom stereocenters. The van der Waals surface area contributed by atoms with Crippen molar-refractivity contribution in [1.82, 2.24) is 26.2 Å². The molecule has 1 aromatic rings. The van der Waals surface area contributed by atoms with Crippen molar-refractivity contribution in [2.24, 2.45) is 5.92 Å². The Balaban J connectivity index is 1.96. The number of hydrogen-bond acceptors (Lipinski definition) is 9. The molecule has 7 amide bonds. The fourth-order valence-corrected chi connectivity index (χ4v) is 5.58. The SMILES string of the molecule is CC(C)[C@H](NC(=O)CC[C@H](NC(=O)OC(C)(C)C)C(=O)NCCN1C(=O)C=CC1=O)C(=O)N[C@@H](C)C(=O)Nc1ccc(CO[Si](C)(C)C(C)(C)C)cc1. The van der Waals surface area contributed by atoms with E-state index in [2.05, 4.69) is 60.4 Å². The standard InChI is InChI=1S/C37H58N6O9Si/c1-23(2)31(34(49)39-24(3)32(47)40-26-14-12-25(13-15-26)22-51-53(10,11)37(7,8)9)42-28(44)17-16-27(41-35(50)52-36(4,5)6)33(48)38-20-21-43-29(45)18-19-30(43)46/h12-15,18-19,23-24,27,31H,16-17,20-22H2,1-11H3,(H,38,48)(H,39,49)(H,40,47)(H,41,50)(H,42,44)/t24-,27-,31-/m0/s1. The van der Waals surface area contributed by atoms with Gasteiger partial charge in [-0.05, 0) is 75.9 Å². The Morgan fingerprint density at radius 2 is 1.40 bits per heavy atom. The maximum absolute atomic E-state index is 13.2. The van der Waals surface area contributed by atoms with Gasteiger partial charge < -0.3 is 35.7 Å².